The minimum absolute atomic E-state index is 0.0121. The van der Waals surface area contributed by atoms with Crippen molar-refractivity contribution in [2.75, 3.05) is 5.32 Å². The predicted octanol–water partition coefficient (Wildman–Crippen LogP) is 3.67. The van der Waals surface area contributed by atoms with Crippen LogP contribution in [0.15, 0.2) is 48.5 Å². The van der Waals surface area contributed by atoms with Crippen molar-refractivity contribution in [1.29, 1.82) is 0 Å². The first-order valence-electron chi connectivity index (χ1n) is 5.77. The molecule has 0 aromatic heterocycles. The number of fused-ring (bicyclic) bond motifs is 1. The largest absolute Gasteiger partial charge is 0.506 e. The van der Waals surface area contributed by atoms with Crippen LogP contribution in [0.1, 0.15) is 11.1 Å². The van der Waals surface area contributed by atoms with Gasteiger partial charge in [0.25, 0.3) is 5.91 Å². The zero-order chi connectivity index (χ0) is 13.4. The maximum Gasteiger partial charge on any atom is 0.260 e. The van der Waals surface area contributed by atoms with Crippen LogP contribution in [-0.2, 0) is 4.79 Å². The van der Waals surface area contributed by atoms with E-state index in [4.69, 9.17) is 0 Å². The van der Waals surface area contributed by atoms with Crippen LogP contribution in [-0.4, -0.2) is 11.0 Å². The molecule has 2 N–H and O–H groups in total. The smallest absolute Gasteiger partial charge is 0.260 e. The Kier molecular flexibility index (Phi) is 3.02. The molecule has 1 heterocycles. The molecule has 0 spiro atoms. The third-order valence-electron chi connectivity index (χ3n) is 3.01. The number of anilines is 1. The van der Waals surface area contributed by atoms with Gasteiger partial charge in [0.05, 0.1) is 11.3 Å². The molecule has 94 valence electrons. The monoisotopic (exact) mass is 363 g/mol. The van der Waals surface area contributed by atoms with Gasteiger partial charge in [0.15, 0.2) is 0 Å². The minimum atomic E-state index is -0.265. The number of aliphatic hydroxyl groups excluding tert-OH is 1. The summed E-state index contributed by atoms with van der Waals surface area (Å²) in [6, 6.07) is 14.7. The van der Waals surface area contributed by atoms with E-state index in [0.717, 1.165) is 14.8 Å². The second-order valence-electron chi connectivity index (χ2n) is 4.23. The molecule has 3 rings (SSSR count). The highest BCUT2D eigenvalue weighted by molar-refractivity contribution is 14.1. The van der Waals surface area contributed by atoms with Gasteiger partial charge < -0.3 is 10.4 Å². The lowest BCUT2D eigenvalue weighted by atomic mass is 10.0. The zero-order valence-electron chi connectivity index (χ0n) is 9.85. The number of amides is 1. The normalized spacial score (nSPS) is 15.9. The third kappa shape index (κ3) is 2.12. The van der Waals surface area contributed by atoms with Crippen LogP contribution >= 0.6 is 22.6 Å². The Morgan fingerprint density at radius 3 is 2.58 bits per heavy atom. The fourth-order valence-electron chi connectivity index (χ4n) is 2.12. The van der Waals surface area contributed by atoms with E-state index in [2.05, 4.69) is 27.9 Å². The highest BCUT2D eigenvalue weighted by Gasteiger charge is 2.28. The number of hydrogen-bond acceptors (Lipinski definition) is 2. The molecule has 0 fully saturated rings. The molecule has 1 amide bonds. The van der Waals surface area contributed by atoms with Crippen LogP contribution < -0.4 is 5.32 Å². The molecule has 0 atom stereocenters. The van der Waals surface area contributed by atoms with E-state index in [9.17, 15) is 9.90 Å². The molecule has 2 aromatic carbocycles. The Morgan fingerprint density at radius 2 is 1.84 bits per heavy atom. The number of rotatable bonds is 1. The molecule has 19 heavy (non-hydrogen) atoms. The average Bonchev–Trinajstić information content (AvgIpc) is 2.74. The fourth-order valence-corrected chi connectivity index (χ4v) is 2.61. The lowest BCUT2D eigenvalue weighted by Crippen LogP contribution is -2.05. The van der Waals surface area contributed by atoms with Crippen LogP contribution in [0.4, 0.5) is 5.69 Å². The Morgan fingerprint density at radius 1 is 1.11 bits per heavy atom. The Bertz CT molecular complexity index is 693. The van der Waals surface area contributed by atoms with Crippen molar-refractivity contribution in [2.45, 2.75) is 0 Å². The molecule has 2 aromatic rings. The van der Waals surface area contributed by atoms with Crippen molar-refractivity contribution in [3.63, 3.8) is 0 Å². The van der Waals surface area contributed by atoms with E-state index in [1.165, 1.54) is 0 Å². The van der Waals surface area contributed by atoms with Crippen LogP contribution in [0.25, 0.3) is 11.3 Å². The lowest BCUT2D eigenvalue weighted by molar-refractivity contribution is -0.110. The van der Waals surface area contributed by atoms with Gasteiger partial charge in [-0.1, -0.05) is 36.4 Å². The van der Waals surface area contributed by atoms with Crippen LogP contribution in [0.5, 0.6) is 0 Å². The minimum Gasteiger partial charge on any atom is -0.506 e. The summed E-state index contributed by atoms with van der Waals surface area (Å²) < 4.78 is 1.04. The Balaban J connectivity index is 2.19. The van der Waals surface area contributed by atoms with Gasteiger partial charge in [0, 0.05) is 14.7 Å². The van der Waals surface area contributed by atoms with E-state index in [1.807, 2.05) is 36.4 Å². The maximum absolute atomic E-state index is 12.0. The van der Waals surface area contributed by atoms with Crippen molar-refractivity contribution >= 4 is 45.5 Å². The van der Waals surface area contributed by atoms with E-state index in [0.29, 0.717) is 11.1 Å². The van der Waals surface area contributed by atoms with Gasteiger partial charge in [-0.15, -0.1) is 0 Å². The topological polar surface area (TPSA) is 49.3 Å². The molecule has 4 heteroatoms. The van der Waals surface area contributed by atoms with Gasteiger partial charge >= 0.3 is 0 Å². The summed E-state index contributed by atoms with van der Waals surface area (Å²) in [7, 11) is 0. The van der Waals surface area contributed by atoms with Crippen molar-refractivity contribution in [3.05, 3.63) is 63.2 Å². The first-order valence-corrected chi connectivity index (χ1v) is 6.84. The molecule has 0 saturated carbocycles. The number of carbonyl (C=O) groups excluding carboxylic acids is 1. The quantitative estimate of drug-likeness (QED) is 0.462. The highest BCUT2D eigenvalue weighted by Crippen LogP contribution is 2.36. The number of aliphatic hydroxyl groups is 1. The predicted molar refractivity (Wildman–Crippen MR) is 83.7 cm³/mol. The number of hydrogen-bond donors (Lipinski definition) is 2. The van der Waals surface area contributed by atoms with Gasteiger partial charge in [0.1, 0.15) is 5.76 Å². The van der Waals surface area contributed by atoms with E-state index in [1.54, 1.807) is 12.1 Å². The summed E-state index contributed by atoms with van der Waals surface area (Å²) in [6.07, 6.45) is 0. The average molecular weight is 363 g/mol. The molecular formula is C15H10INO2. The van der Waals surface area contributed by atoms with Crippen LogP contribution in [0.2, 0.25) is 0 Å². The lowest BCUT2D eigenvalue weighted by Gasteiger charge is -2.04. The summed E-state index contributed by atoms with van der Waals surface area (Å²) in [4.78, 5) is 12.0. The second kappa shape index (κ2) is 4.70. The van der Waals surface area contributed by atoms with Gasteiger partial charge in [0.2, 0.25) is 0 Å². The first-order chi connectivity index (χ1) is 9.16. The molecule has 0 radical (unpaired) electrons. The standard InChI is InChI=1S/C15H10INO2/c16-10-6-7-11-12(8-10)17-15(19)13(11)14(18)9-4-2-1-3-5-9/h1-8,18H,(H,17,19). The molecule has 3 nitrogen and oxygen atoms in total. The van der Waals surface area contributed by atoms with Gasteiger partial charge in [-0.3, -0.25) is 4.79 Å². The van der Waals surface area contributed by atoms with Gasteiger partial charge in [-0.05, 0) is 34.7 Å². The summed E-state index contributed by atoms with van der Waals surface area (Å²) in [5.74, 6) is -0.253. The number of halogens is 1. The van der Waals surface area contributed by atoms with Gasteiger partial charge in [-0.2, -0.15) is 0 Å². The Labute approximate surface area is 124 Å². The van der Waals surface area contributed by atoms with Crippen LogP contribution in [0, 0.1) is 3.57 Å². The SMILES string of the molecule is O=C1Nc2cc(I)ccc2C1=C(O)c1ccccc1. The first kappa shape index (κ1) is 12.2. The van der Waals surface area contributed by atoms with Crippen molar-refractivity contribution in [1.82, 2.24) is 0 Å². The third-order valence-corrected chi connectivity index (χ3v) is 3.68. The summed E-state index contributed by atoms with van der Waals surface area (Å²) in [5, 5.41) is 13.1. The molecule has 1 aliphatic rings. The second-order valence-corrected chi connectivity index (χ2v) is 5.48. The number of carbonyl (C=O) groups is 1. The summed E-state index contributed by atoms with van der Waals surface area (Å²) >= 11 is 2.19. The number of nitrogens with one attached hydrogen (secondary N) is 1. The summed E-state index contributed by atoms with van der Waals surface area (Å²) in [5.41, 5.74) is 2.46. The van der Waals surface area contributed by atoms with E-state index >= 15 is 0 Å². The maximum atomic E-state index is 12.0. The van der Waals surface area contributed by atoms with Crippen molar-refractivity contribution in [3.8, 4) is 0 Å². The fraction of sp³-hybridized carbons (Fsp3) is 0. The van der Waals surface area contributed by atoms with Crippen molar-refractivity contribution in [2.24, 2.45) is 0 Å². The van der Waals surface area contributed by atoms with Crippen molar-refractivity contribution < 1.29 is 9.90 Å². The molecule has 0 aliphatic carbocycles. The molecule has 0 saturated heterocycles. The summed E-state index contributed by atoms with van der Waals surface area (Å²) in [6.45, 7) is 0. The Hall–Kier alpha value is -1.82. The highest BCUT2D eigenvalue weighted by atomic mass is 127. The van der Waals surface area contributed by atoms with E-state index < -0.39 is 0 Å². The molecule has 0 unspecified atom stereocenters. The van der Waals surface area contributed by atoms with Gasteiger partial charge in [-0.25, -0.2) is 0 Å². The zero-order valence-corrected chi connectivity index (χ0v) is 12.0. The number of benzene rings is 2. The van der Waals surface area contributed by atoms with Crippen LogP contribution in [0.3, 0.4) is 0 Å². The van der Waals surface area contributed by atoms with E-state index in [-0.39, 0.29) is 11.7 Å². The molecule has 1 aliphatic heterocycles. The molecular weight excluding hydrogens is 353 g/mol. The molecule has 0 bridgehead atoms.